The van der Waals surface area contributed by atoms with Crippen LogP contribution in [0.25, 0.3) is 0 Å². The van der Waals surface area contributed by atoms with Crippen molar-refractivity contribution in [1.29, 1.82) is 0 Å². The molecule has 230 valence electrons. The number of hydrogen-bond donors (Lipinski definition) is 6. The first-order chi connectivity index (χ1) is 19.4. The van der Waals surface area contributed by atoms with Crippen LogP contribution in [0.1, 0.15) is 75.3 Å². The van der Waals surface area contributed by atoms with Crippen LogP contribution in [-0.2, 0) is 27.2 Å². The number of hydrogen-bond acceptors (Lipinski definition) is 5. The van der Waals surface area contributed by atoms with Gasteiger partial charge in [-0.1, -0.05) is 56.4 Å². The molecule has 0 heterocycles. The van der Waals surface area contributed by atoms with Gasteiger partial charge in [0.2, 0.25) is 5.91 Å². The van der Waals surface area contributed by atoms with Crippen LogP contribution < -0.4 is 21.7 Å². The molecule has 10 nitrogen and oxygen atoms in total. The third-order valence-electron chi connectivity index (χ3n) is 7.40. The molecule has 7 N–H and O–H groups in total. The Balaban J connectivity index is 0.000000745. The van der Waals surface area contributed by atoms with Gasteiger partial charge in [0.25, 0.3) is 0 Å². The number of carbonyl (C=O) groups excluding carboxylic acids is 2. The van der Waals surface area contributed by atoms with E-state index >= 15 is 0 Å². The summed E-state index contributed by atoms with van der Waals surface area (Å²) < 4.78 is 31.7. The van der Waals surface area contributed by atoms with E-state index in [0.717, 1.165) is 44.9 Å². The molecule has 0 radical (unpaired) electrons. The average molecular weight is 587 g/mol. The van der Waals surface area contributed by atoms with Crippen molar-refractivity contribution in [3.8, 4) is 0 Å². The SMILES string of the molecule is NCCCC[C@H](NC(=O)N[C@H](CC1CCCCC1)C(=O)N[C@H]1CCc2ccccc2C1)C(=O)O.O=C(O)C(F)(F)F. The number of benzene rings is 1. The fourth-order valence-corrected chi connectivity index (χ4v) is 5.22. The molecular weight excluding hydrogens is 545 g/mol. The summed E-state index contributed by atoms with van der Waals surface area (Å²) in [6, 6.07) is 6.05. The van der Waals surface area contributed by atoms with Crippen molar-refractivity contribution >= 4 is 23.9 Å². The summed E-state index contributed by atoms with van der Waals surface area (Å²) >= 11 is 0. The van der Waals surface area contributed by atoms with Gasteiger partial charge in [0.15, 0.2) is 0 Å². The second-order valence-electron chi connectivity index (χ2n) is 10.6. The van der Waals surface area contributed by atoms with Crippen molar-refractivity contribution in [3.05, 3.63) is 35.4 Å². The maximum Gasteiger partial charge on any atom is 0.490 e. The molecule has 1 aromatic rings. The molecule has 3 rings (SSSR count). The van der Waals surface area contributed by atoms with Gasteiger partial charge in [-0.2, -0.15) is 13.2 Å². The molecule has 13 heteroatoms. The Bertz CT molecular complexity index is 1020. The van der Waals surface area contributed by atoms with Crippen LogP contribution in [0.15, 0.2) is 24.3 Å². The predicted octanol–water partition coefficient (Wildman–Crippen LogP) is 3.51. The topological polar surface area (TPSA) is 171 Å². The molecule has 0 bridgehead atoms. The van der Waals surface area contributed by atoms with E-state index < -0.39 is 36.2 Å². The van der Waals surface area contributed by atoms with Crippen molar-refractivity contribution in [1.82, 2.24) is 16.0 Å². The standard InChI is InChI=1S/C26H40N4O4.C2HF3O2/c27-15-7-6-12-22(25(32)33)29-26(34)30-23(16-18-8-2-1-3-9-18)24(31)28-21-14-13-19-10-4-5-11-20(19)17-21;3-2(4,5)1(6)7/h4-5,10-11,18,21-23H,1-3,6-9,12-17,27H2,(H,28,31)(H,32,33)(H2,29,30,34);(H,6,7)/t21-,22-,23+;/m0./s1. The summed E-state index contributed by atoms with van der Waals surface area (Å²) in [5, 5.41) is 25.1. The number of nitrogens with one attached hydrogen (secondary N) is 3. The number of amides is 3. The molecule has 41 heavy (non-hydrogen) atoms. The zero-order valence-corrected chi connectivity index (χ0v) is 23.0. The maximum atomic E-state index is 13.3. The Labute approximate surface area is 237 Å². The second kappa shape index (κ2) is 16.8. The number of unbranched alkanes of at least 4 members (excludes halogenated alkanes) is 1. The first-order valence-corrected chi connectivity index (χ1v) is 14.1. The van der Waals surface area contributed by atoms with Gasteiger partial charge in [0, 0.05) is 6.04 Å². The van der Waals surface area contributed by atoms with E-state index in [9.17, 15) is 32.7 Å². The van der Waals surface area contributed by atoms with Crippen molar-refractivity contribution in [2.24, 2.45) is 11.7 Å². The zero-order valence-electron chi connectivity index (χ0n) is 23.0. The Kier molecular flexibility index (Phi) is 13.9. The number of aliphatic carboxylic acids is 2. The first kappa shape index (κ1) is 33.9. The molecule has 1 aromatic carbocycles. The van der Waals surface area contributed by atoms with E-state index in [0.29, 0.717) is 38.1 Å². The molecule has 1 saturated carbocycles. The molecule has 0 spiro atoms. The molecule has 0 aliphatic heterocycles. The van der Waals surface area contributed by atoms with E-state index in [1.807, 2.05) is 12.1 Å². The lowest BCUT2D eigenvalue weighted by molar-refractivity contribution is -0.192. The quantitative estimate of drug-likeness (QED) is 0.215. The number of carboxylic acids is 2. The Morgan fingerprint density at radius 1 is 0.927 bits per heavy atom. The summed E-state index contributed by atoms with van der Waals surface area (Å²) in [6.45, 7) is 0.480. The Morgan fingerprint density at radius 3 is 2.12 bits per heavy atom. The number of urea groups is 1. The highest BCUT2D eigenvalue weighted by Crippen LogP contribution is 2.28. The molecule has 3 amide bonds. The Hall–Kier alpha value is -3.35. The minimum Gasteiger partial charge on any atom is -0.480 e. The van der Waals surface area contributed by atoms with Gasteiger partial charge < -0.3 is 31.9 Å². The average Bonchev–Trinajstić information content (AvgIpc) is 2.92. The molecule has 0 unspecified atom stereocenters. The van der Waals surface area contributed by atoms with E-state index in [4.69, 9.17) is 15.6 Å². The van der Waals surface area contributed by atoms with E-state index in [-0.39, 0.29) is 11.9 Å². The summed E-state index contributed by atoms with van der Waals surface area (Å²) in [6.07, 6.45) is 5.31. The summed E-state index contributed by atoms with van der Waals surface area (Å²) in [5.41, 5.74) is 8.08. The molecular formula is C28H41F3N4O6. The number of nitrogens with two attached hydrogens (primary N) is 1. The van der Waals surface area contributed by atoms with Crippen LogP contribution >= 0.6 is 0 Å². The molecule has 0 saturated heterocycles. The van der Waals surface area contributed by atoms with Gasteiger partial charge in [0.1, 0.15) is 12.1 Å². The summed E-state index contributed by atoms with van der Waals surface area (Å²) in [7, 11) is 0. The largest absolute Gasteiger partial charge is 0.490 e. The smallest absolute Gasteiger partial charge is 0.480 e. The highest BCUT2D eigenvalue weighted by atomic mass is 19.4. The molecule has 2 aliphatic carbocycles. The number of carboxylic acid groups (broad SMARTS) is 2. The minimum atomic E-state index is -5.08. The molecule has 0 aromatic heterocycles. The number of carbonyl (C=O) groups is 4. The number of alkyl halides is 3. The van der Waals surface area contributed by atoms with Crippen LogP contribution in [0.2, 0.25) is 0 Å². The second-order valence-corrected chi connectivity index (χ2v) is 10.6. The Morgan fingerprint density at radius 2 is 1.54 bits per heavy atom. The van der Waals surface area contributed by atoms with Gasteiger partial charge >= 0.3 is 24.1 Å². The minimum absolute atomic E-state index is 0.0316. The normalized spacial score (nSPS) is 18.5. The third-order valence-corrected chi connectivity index (χ3v) is 7.40. The van der Waals surface area contributed by atoms with Crippen molar-refractivity contribution < 1.29 is 42.6 Å². The highest BCUT2D eigenvalue weighted by molar-refractivity contribution is 5.89. The lowest BCUT2D eigenvalue weighted by Crippen LogP contribution is -2.55. The van der Waals surface area contributed by atoms with E-state index in [1.54, 1.807) is 0 Å². The first-order valence-electron chi connectivity index (χ1n) is 14.1. The van der Waals surface area contributed by atoms with Gasteiger partial charge in [-0.3, -0.25) is 4.79 Å². The number of halogens is 3. The zero-order chi connectivity index (χ0) is 30.4. The maximum absolute atomic E-state index is 13.3. The molecule has 1 fully saturated rings. The van der Waals surface area contributed by atoms with Crippen LogP contribution in [0.4, 0.5) is 18.0 Å². The summed E-state index contributed by atoms with van der Waals surface area (Å²) in [5.74, 6) is -3.63. The fourth-order valence-electron chi connectivity index (χ4n) is 5.22. The number of aryl methyl sites for hydroxylation is 1. The van der Waals surface area contributed by atoms with Crippen LogP contribution in [0.5, 0.6) is 0 Å². The van der Waals surface area contributed by atoms with Crippen molar-refractivity contribution in [2.75, 3.05) is 6.54 Å². The van der Waals surface area contributed by atoms with Crippen LogP contribution in [0, 0.1) is 5.92 Å². The van der Waals surface area contributed by atoms with E-state index in [1.165, 1.54) is 17.5 Å². The summed E-state index contributed by atoms with van der Waals surface area (Å²) in [4.78, 5) is 46.5. The van der Waals surface area contributed by atoms with Gasteiger partial charge in [-0.25, -0.2) is 14.4 Å². The van der Waals surface area contributed by atoms with Crippen molar-refractivity contribution in [3.63, 3.8) is 0 Å². The fraction of sp³-hybridized carbons (Fsp3) is 0.643. The van der Waals surface area contributed by atoms with Crippen LogP contribution in [-0.4, -0.2) is 64.9 Å². The van der Waals surface area contributed by atoms with Crippen LogP contribution in [0.3, 0.4) is 0 Å². The van der Waals surface area contributed by atoms with Crippen molar-refractivity contribution in [2.45, 2.75) is 101 Å². The van der Waals surface area contributed by atoms with Gasteiger partial charge in [-0.05, 0) is 68.5 Å². The van der Waals surface area contributed by atoms with E-state index in [2.05, 4.69) is 28.1 Å². The van der Waals surface area contributed by atoms with Gasteiger partial charge in [-0.15, -0.1) is 0 Å². The third kappa shape index (κ3) is 12.4. The molecule has 3 atom stereocenters. The van der Waals surface area contributed by atoms with Gasteiger partial charge in [0.05, 0.1) is 0 Å². The molecule has 2 aliphatic rings. The number of fused-ring (bicyclic) bond motifs is 1. The highest BCUT2D eigenvalue weighted by Gasteiger charge is 2.38. The lowest BCUT2D eigenvalue weighted by atomic mass is 9.84. The predicted molar refractivity (Wildman–Crippen MR) is 145 cm³/mol. The monoisotopic (exact) mass is 586 g/mol. The number of rotatable bonds is 11. The lowest BCUT2D eigenvalue weighted by Gasteiger charge is -2.30.